The average molecular weight is 518 g/mol. The molecule has 2 aliphatic rings. The molecule has 2 fully saturated rings. The molecule has 7 nitrogen and oxygen atoms in total. The van der Waals surface area contributed by atoms with Crippen LogP contribution in [-0.4, -0.2) is 65.1 Å². The number of nitrogens with zero attached hydrogens (tertiary/aromatic N) is 5. The van der Waals surface area contributed by atoms with Crippen molar-refractivity contribution >= 4 is 34.8 Å². The fourth-order valence-electron chi connectivity index (χ4n) is 4.76. The van der Waals surface area contributed by atoms with Crippen LogP contribution in [-0.2, 0) is 11.3 Å². The molecule has 2 saturated heterocycles. The van der Waals surface area contributed by atoms with Gasteiger partial charge in [-0.2, -0.15) is 4.98 Å². The largest absolute Gasteiger partial charge is 0.366 e. The van der Waals surface area contributed by atoms with E-state index < -0.39 is 0 Å². The summed E-state index contributed by atoms with van der Waals surface area (Å²) in [5, 5.41) is 5.07. The number of likely N-dealkylation sites (tertiary alicyclic amines) is 1. The maximum atomic E-state index is 14.1. The summed E-state index contributed by atoms with van der Waals surface area (Å²) in [4.78, 5) is 23.7. The van der Waals surface area contributed by atoms with E-state index in [9.17, 15) is 9.18 Å². The Morgan fingerprint density at radius 1 is 1.03 bits per heavy atom. The number of rotatable bonds is 5. The van der Waals surface area contributed by atoms with Crippen LogP contribution in [0.15, 0.2) is 47.0 Å². The molecule has 0 aliphatic carbocycles. The fraction of sp³-hybridized carbons (Fsp3) is 0.400. The van der Waals surface area contributed by atoms with Gasteiger partial charge in [0.1, 0.15) is 5.82 Å². The number of benzene rings is 2. The van der Waals surface area contributed by atoms with Crippen molar-refractivity contribution in [1.29, 1.82) is 0 Å². The predicted octanol–water partition coefficient (Wildman–Crippen LogP) is 4.74. The first-order chi connectivity index (χ1) is 17.0. The molecule has 2 aliphatic heterocycles. The summed E-state index contributed by atoms with van der Waals surface area (Å²) in [6.45, 7) is 4.61. The van der Waals surface area contributed by atoms with E-state index in [2.05, 4.69) is 15.0 Å². The van der Waals surface area contributed by atoms with E-state index in [4.69, 9.17) is 27.7 Å². The SMILES string of the molecule is O=C(C1CCN(Cc2nc(-c3ccc(Cl)cc3Cl)no2)CC1)N1CCN(c2ccccc2F)CC1. The molecule has 0 atom stereocenters. The lowest BCUT2D eigenvalue weighted by Gasteiger charge is -2.39. The van der Waals surface area contributed by atoms with E-state index in [0.29, 0.717) is 65.7 Å². The number of piperidine rings is 1. The predicted molar refractivity (Wildman–Crippen MR) is 133 cm³/mol. The Morgan fingerprint density at radius 3 is 2.49 bits per heavy atom. The fourth-order valence-corrected chi connectivity index (χ4v) is 5.26. The van der Waals surface area contributed by atoms with Crippen LogP contribution in [0.4, 0.5) is 10.1 Å². The standard InChI is InChI=1S/C25H26Cl2FN5O2/c26-18-5-6-19(20(27)15-18)24-29-23(35-30-24)16-31-9-7-17(8-10-31)25(34)33-13-11-32(12-14-33)22-4-2-1-3-21(22)28/h1-6,15,17H,7-14,16H2. The van der Waals surface area contributed by atoms with Crippen LogP contribution >= 0.6 is 23.2 Å². The third-order valence-electron chi connectivity index (χ3n) is 6.72. The lowest BCUT2D eigenvalue weighted by molar-refractivity contribution is -0.137. The van der Waals surface area contributed by atoms with E-state index in [1.807, 2.05) is 15.9 Å². The van der Waals surface area contributed by atoms with Gasteiger partial charge < -0.3 is 14.3 Å². The van der Waals surface area contributed by atoms with Crippen LogP contribution in [0.3, 0.4) is 0 Å². The summed E-state index contributed by atoms with van der Waals surface area (Å²) >= 11 is 12.2. The first-order valence-electron chi connectivity index (χ1n) is 11.8. The Bertz CT molecular complexity index is 1190. The highest BCUT2D eigenvalue weighted by Gasteiger charge is 2.31. The number of carbonyl (C=O) groups excluding carboxylic acids is 1. The highest BCUT2D eigenvalue weighted by Crippen LogP contribution is 2.29. The van der Waals surface area contributed by atoms with E-state index in [1.54, 1.807) is 30.3 Å². The molecule has 0 N–H and O–H groups in total. The first-order valence-corrected chi connectivity index (χ1v) is 12.5. The van der Waals surface area contributed by atoms with Crippen molar-refractivity contribution in [1.82, 2.24) is 19.9 Å². The number of amides is 1. The molecule has 5 rings (SSSR count). The Kier molecular flexibility index (Phi) is 7.22. The van der Waals surface area contributed by atoms with Gasteiger partial charge in [0.2, 0.25) is 17.6 Å². The van der Waals surface area contributed by atoms with Crippen molar-refractivity contribution in [2.75, 3.05) is 44.2 Å². The number of aromatic nitrogens is 2. The minimum absolute atomic E-state index is 0.0115. The molecule has 184 valence electrons. The summed E-state index contributed by atoms with van der Waals surface area (Å²) in [5.41, 5.74) is 1.28. The second-order valence-electron chi connectivity index (χ2n) is 8.95. The summed E-state index contributed by atoms with van der Waals surface area (Å²) in [6.07, 6.45) is 1.58. The van der Waals surface area contributed by atoms with Gasteiger partial charge in [-0.25, -0.2) is 4.39 Å². The summed E-state index contributed by atoms with van der Waals surface area (Å²) in [6, 6.07) is 12.0. The second kappa shape index (κ2) is 10.5. The van der Waals surface area contributed by atoms with Crippen LogP contribution < -0.4 is 4.90 Å². The van der Waals surface area contributed by atoms with Gasteiger partial charge in [-0.3, -0.25) is 9.69 Å². The molecule has 0 saturated carbocycles. The lowest BCUT2D eigenvalue weighted by Crippen LogP contribution is -2.51. The zero-order chi connectivity index (χ0) is 24.4. The van der Waals surface area contributed by atoms with Gasteiger partial charge in [0.15, 0.2) is 0 Å². The van der Waals surface area contributed by atoms with Gasteiger partial charge >= 0.3 is 0 Å². The van der Waals surface area contributed by atoms with Crippen molar-refractivity contribution in [3.8, 4) is 11.4 Å². The number of hydrogen-bond acceptors (Lipinski definition) is 6. The van der Waals surface area contributed by atoms with Crippen molar-refractivity contribution in [3.63, 3.8) is 0 Å². The Balaban J connectivity index is 1.10. The summed E-state index contributed by atoms with van der Waals surface area (Å²) in [7, 11) is 0. The zero-order valence-electron chi connectivity index (χ0n) is 19.2. The third kappa shape index (κ3) is 5.44. The van der Waals surface area contributed by atoms with E-state index in [1.165, 1.54) is 6.07 Å². The van der Waals surface area contributed by atoms with E-state index in [0.717, 1.165) is 25.9 Å². The monoisotopic (exact) mass is 517 g/mol. The normalized spacial score (nSPS) is 17.7. The number of anilines is 1. The highest BCUT2D eigenvalue weighted by atomic mass is 35.5. The minimum atomic E-state index is -0.218. The summed E-state index contributed by atoms with van der Waals surface area (Å²) < 4.78 is 19.5. The van der Waals surface area contributed by atoms with Crippen LogP contribution in [0.2, 0.25) is 10.0 Å². The quantitative estimate of drug-likeness (QED) is 0.486. The van der Waals surface area contributed by atoms with Crippen molar-refractivity contribution in [2.45, 2.75) is 19.4 Å². The van der Waals surface area contributed by atoms with E-state index in [-0.39, 0.29) is 17.6 Å². The number of para-hydroxylation sites is 1. The molecular weight excluding hydrogens is 492 g/mol. The molecule has 1 amide bonds. The molecule has 35 heavy (non-hydrogen) atoms. The van der Waals surface area contributed by atoms with E-state index >= 15 is 0 Å². The average Bonchev–Trinajstić information content (AvgIpc) is 3.32. The topological polar surface area (TPSA) is 65.7 Å². The Labute approximate surface area is 213 Å². The third-order valence-corrected chi connectivity index (χ3v) is 7.27. The van der Waals surface area contributed by atoms with Crippen LogP contribution in [0.1, 0.15) is 18.7 Å². The molecule has 3 aromatic rings. The maximum Gasteiger partial charge on any atom is 0.241 e. The highest BCUT2D eigenvalue weighted by molar-refractivity contribution is 6.36. The van der Waals surface area contributed by atoms with Gasteiger partial charge in [0.25, 0.3) is 0 Å². The zero-order valence-corrected chi connectivity index (χ0v) is 20.7. The second-order valence-corrected chi connectivity index (χ2v) is 9.79. The smallest absolute Gasteiger partial charge is 0.241 e. The van der Waals surface area contributed by atoms with Crippen molar-refractivity contribution < 1.29 is 13.7 Å². The molecule has 0 spiro atoms. The number of hydrogen-bond donors (Lipinski definition) is 0. The first kappa shape index (κ1) is 24.0. The van der Waals surface area contributed by atoms with Gasteiger partial charge in [-0.1, -0.05) is 40.5 Å². The number of piperazine rings is 1. The molecular formula is C25H26Cl2FN5O2. The van der Waals surface area contributed by atoms with Gasteiger partial charge in [-0.15, -0.1) is 0 Å². The van der Waals surface area contributed by atoms with Crippen molar-refractivity contribution in [3.05, 3.63) is 64.2 Å². The molecule has 10 heteroatoms. The van der Waals surface area contributed by atoms with Crippen LogP contribution in [0.25, 0.3) is 11.4 Å². The lowest BCUT2D eigenvalue weighted by atomic mass is 9.95. The molecule has 0 bridgehead atoms. The maximum absolute atomic E-state index is 14.1. The summed E-state index contributed by atoms with van der Waals surface area (Å²) in [5.74, 6) is 0.943. The molecule has 1 aromatic heterocycles. The Morgan fingerprint density at radius 2 is 1.77 bits per heavy atom. The molecule has 3 heterocycles. The molecule has 0 radical (unpaired) electrons. The Hall–Kier alpha value is -2.68. The van der Waals surface area contributed by atoms with Crippen LogP contribution in [0.5, 0.6) is 0 Å². The van der Waals surface area contributed by atoms with Crippen molar-refractivity contribution in [2.24, 2.45) is 5.92 Å². The van der Waals surface area contributed by atoms with Gasteiger partial charge in [-0.05, 0) is 56.3 Å². The van der Waals surface area contributed by atoms with Gasteiger partial charge in [0.05, 0.1) is 17.3 Å². The van der Waals surface area contributed by atoms with Gasteiger partial charge in [0, 0.05) is 42.7 Å². The van der Waals surface area contributed by atoms with Crippen LogP contribution in [0, 0.1) is 11.7 Å². The molecule has 0 unspecified atom stereocenters. The minimum Gasteiger partial charge on any atom is -0.366 e. The molecule has 2 aromatic carbocycles. The number of carbonyl (C=O) groups is 1. The number of halogens is 3.